The van der Waals surface area contributed by atoms with Crippen LogP contribution in [-0.2, 0) is 26.4 Å². The van der Waals surface area contributed by atoms with Gasteiger partial charge >= 0.3 is 16.3 Å². The van der Waals surface area contributed by atoms with Crippen molar-refractivity contribution >= 4 is 22.0 Å². The van der Waals surface area contributed by atoms with Gasteiger partial charge in [-0.2, -0.15) is 12.7 Å². The number of carbonyl (C=O) groups is 1. The van der Waals surface area contributed by atoms with Gasteiger partial charge in [-0.05, 0) is 5.56 Å². The molecule has 0 saturated carbocycles. The summed E-state index contributed by atoms with van der Waals surface area (Å²) in [4.78, 5) is 21.1. The van der Waals surface area contributed by atoms with E-state index in [0.29, 0.717) is 4.31 Å². The van der Waals surface area contributed by atoms with Gasteiger partial charge in [-0.25, -0.2) is 0 Å². The molecule has 1 aromatic carbocycles. The lowest BCUT2D eigenvalue weighted by molar-refractivity contribution is -0.384. The van der Waals surface area contributed by atoms with E-state index in [9.17, 15) is 23.3 Å². The molecule has 1 aromatic rings. The number of nitrogens with zero attached hydrogens (tertiary/aromatic N) is 2. The normalized spacial score (nSPS) is 11.3. The Morgan fingerprint density at radius 2 is 2.15 bits per heavy atom. The number of benzene rings is 1. The molecule has 20 heavy (non-hydrogen) atoms. The molecule has 0 saturated heterocycles. The molecule has 0 aromatic heterocycles. The SMILES string of the molecule is COC(=O)CN(Cc1cccc([N+](=O)[O-])c1)S(=O)(=O)O. The molecule has 1 rings (SSSR count). The lowest BCUT2D eigenvalue weighted by Crippen LogP contribution is -2.35. The average molecular weight is 304 g/mol. The Hall–Kier alpha value is -2.04. The fourth-order valence-electron chi connectivity index (χ4n) is 1.40. The van der Waals surface area contributed by atoms with Gasteiger partial charge in [-0.3, -0.25) is 19.5 Å². The third-order valence-electron chi connectivity index (χ3n) is 2.34. The van der Waals surface area contributed by atoms with E-state index in [1.165, 1.54) is 18.2 Å². The quantitative estimate of drug-likeness (QED) is 0.348. The first kappa shape index (κ1) is 16.0. The summed E-state index contributed by atoms with van der Waals surface area (Å²) in [6.07, 6.45) is 0. The van der Waals surface area contributed by atoms with Crippen molar-refractivity contribution in [3.05, 3.63) is 39.9 Å². The lowest BCUT2D eigenvalue weighted by Gasteiger charge is -2.16. The summed E-state index contributed by atoms with van der Waals surface area (Å²) < 4.78 is 36.1. The van der Waals surface area contributed by atoms with Crippen LogP contribution in [0.5, 0.6) is 0 Å². The number of hydrogen-bond acceptors (Lipinski definition) is 6. The van der Waals surface area contributed by atoms with Crippen LogP contribution in [0.1, 0.15) is 5.56 Å². The molecule has 0 amide bonds. The van der Waals surface area contributed by atoms with Crippen molar-refractivity contribution in [2.45, 2.75) is 6.54 Å². The molecule has 9 nitrogen and oxygen atoms in total. The Labute approximate surface area is 114 Å². The van der Waals surface area contributed by atoms with E-state index >= 15 is 0 Å². The van der Waals surface area contributed by atoms with Crippen LogP contribution in [0.3, 0.4) is 0 Å². The minimum atomic E-state index is -4.64. The molecule has 1 N–H and O–H groups in total. The zero-order valence-electron chi connectivity index (χ0n) is 10.4. The summed E-state index contributed by atoms with van der Waals surface area (Å²) in [5.74, 6) is -0.868. The Balaban J connectivity index is 2.98. The molecule has 0 spiro atoms. The van der Waals surface area contributed by atoms with E-state index in [1.807, 2.05) is 0 Å². The molecule has 10 heteroatoms. The van der Waals surface area contributed by atoms with Crippen molar-refractivity contribution in [1.29, 1.82) is 0 Å². The standard InChI is InChI=1S/C10H12N2O7S/c1-19-10(13)7-11(20(16,17)18)6-8-3-2-4-9(5-8)12(14)15/h2-5H,6-7H2,1H3,(H,16,17,18). The van der Waals surface area contributed by atoms with Crippen LogP contribution in [0.2, 0.25) is 0 Å². The molecule has 0 unspecified atom stereocenters. The second-order valence-electron chi connectivity index (χ2n) is 3.75. The van der Waals surface area contributed by atoms with Crippen LogP contribution in [0.25, 0.3) is 0 Å². The second-order valence-corrected chi connectivity index (χ2v) is 5.16. The van der Waals surface area contributed by atoms with Gasteiger partial charge in [0.2, 0.25) is 0 Å². The first-order valence-corrected chi connectivity index (χ1v) is 6.66. The highest BCUT2D eigenvalue weighted by molar-refractivity contribution is 7.83. The van der Waals surface area contributed by atoms with Crippen molar-refractivity contribution in [3.8, 4) is 0 Å². The topological polar surface area (TPSA) is 127 Å². The van der Waals surface area contributed by atoms with E-state index in [4.69, 9.17) is 4.55 Å². The van der Waals surface area contributed by atoms with E-state index < -0.39 is 34.3 Å². The minimum absolute atomic E-state index is 0.226. The largest absolute Gasteiger partial charge is 0.468 e. The van der Waals surface area contributed by atoms with E-state index in [1.54, 1.807) is 0 Å². The van der Waals surface area contributed by atoms with Crippen molar-refractivity contribution in [2.24, 2.45) is 0 Å². The van der Waals surface area contributed by atoms with Crippen LogP contribution < -0.4 is 0 Å². The summed E-state index contributed by atoms with van der Waals surface area (Å²) in [6.45, 7) is -1.09. The molecule has 0 bridgehead atoms. The third kappa shape index (κ3) is 4.57. The predicted molar refractivity (Wildman–Crippen MR) is 67.1 cm³/mol. The first-order chi connectivity index (χ1) is 9.24. The average Bonchev–Trinajstić information content (AvgIpc) is 2.37. The van der Waals surface area contributed by atoms with E-state index in [-0.39, 0.29) is 11.3 Å². The van der Waals surface area contributed by atoms with Crippen molar-refractivity contribution < 1.29 is 27.4 Å². The minimum Gasteiger partial charge on any atom is -0.468 e. The highest BCUT2D eigenvalue weighted by Crippen LogP contribution is 2.15. The molecular formula is C10H12N2O7S. The molecular weight excluding hydrogens is 292 g/mol. The van der Waals surface area contributed by atoms with Gasteiger partial charge in [0.05, 0.1) is 12.0 Å². The maximum atomic E-state index is 11.1. The zero-order chi connectivity index (χ0) is 15.3. The van der Waals surface area contributed by atoms with Crippen molar-refractivity contribution in [1.82, 2.24) is 4.31 Å². The summed E-state index contributed by atoms with van der Waals surface area (Å²) in [5, 5.41) is 10.6. The molecule has 110 valence electrons. The number of hydrogen-bond donors (Lipinski definition) is 1. The molecule has 0 atom stereocenters. The number of rotatable bonds is 6. The Kier molecular flexibility index (Phi) is 5.13. The number of esters is 1. The Morgan fingerprint density at radius 1 is 1.50 bits per heavy atom. The third-order valence-corrected chi connectivity index (χ3v) is 3.25. The van der Waals surface area contributed by atoms with Gasteiger partial charge in [0.15, 0.2) is 0 Å². The summed E-state index contributed by atoms with van der Waals surface area (Å²) in [7, 11) is -3.57. The fraction of sp³-hybridized carbons (Fsp3) is 0.300. The van der Waals surface area contributed by atoms with Crippen LogP contribution in [0.4, 0.5) is 5.69 Å². The number of methoxy groups -OCH3 is 1. The highest BCUT2D eigenvalue weighted by atomic mass is 32.2. The molecule has 0 heterocycles. The van der Waals surface area contributed by atoms with Crippen molar-refractivity contribution in [3.63, 3.8) is 0 Å². The maximum Gasteiger partial charge on any atom is 0.336 e. The van der Waals surface area contributed by atoms with Gasteiger partial charge in [0.25, 0.3) is 5.69 Å². The Bertz CT molecular complexity index is 614. The summed E-state index contributed by atoms with van der Waals surface area (Å²) in [6, 6.07) is 5.19. The smallest absolute Gasteiger partial charge is 0.336 e. The molecule has 0 aliphatic heterocycles. The lowest BCUT2D eigenvalue weighted by atomic mass is 10.2. The van der Waals surface area contributed by atoms with Crippen LogP contribution in [0.15, 0.2) is 24.3 Å². The maximum absolute atomic E-state index is 11.1. The van der Waals surface area contributed by atoms with Crippen LogP contribution in [0, 0.1) is 10.1 Å². The van der Waals surface area contributed by atoms with Gasteiger partial charge in [-0.1, -0.05) is 12.1 Å². The molecule has 0 radical (unpaired) electrons. The van der Waals surface area contributed by atoms with Gasteiger partial charge in [-0.15, -0.1) is 0 Å². The number of nitro groups is 1. The number of nitro benzene ring substituents is 1. The Morgan fingerprint density at radius 3 is 2.65 bits per heavy atom. The molecule has 0 aliphatic rings. The fourth-order valence-corrected chi connectivity index (χ4v) is 1.98. The highest BCUT2D eigenvalue weighted by Gasteiger charge is 2.23. The molecule has 0 aliphatic carbocycles. The predicted octanol–water partition coefficient (Wildman–Crippen LogP) is 0.373. The van der Waals surface area contributed by atoms with Gasteiger partial charge in [0, 0.05) is 18.7 Å². The van der Waals surface area contributed by atoms with E-state index in [0.717, 1.165) is 13.2 Å². The van der Waals surface area contributed by atoms with Gasteiger partial charge < -0.3 is 4.74 Å². The van der Waals surface area contributed by atoms with Crippen molar-refractivity contribution in [2.75, 3.05) is 13.7 Å². The monoisotopic (exact) mass is 304 g/mol. The summed E-state index contributed by atoms with van der Waals surface area (Å²) in [5.41, 5.74) is 0.0246. The summed E-state index contributed by atoms with van der Waals surface area (Å²) >= 11 is 0. The number of ether oxygens (including phenoxy) is 1. The van der Waals surface area contributed by atoms with E-state index in [2.05, 4.69) is 4.74 Å². The van der Waals surface area contributed by atoms with Gasteiger partial charge in [0.1, 0.15) is 6.54 Å². The van der Waals surface area contributed by atoms with Crippen LogP contribution in [-0.4, -0.2) is 41.8 Å². The second kappa shape index (κ2) is 6.41. The van der Waals surface area contributed by atoms with Crippen LogP contribution >= 0.6 is 0 Å². The number of non-ortho nitro benzene ring substituents is 1. The number of carbonyl (C=O) groups excluding carboxylic acids is 1. The first-order valence-electron chi connectivity index (χ1n) is 5.26. The zero-order valence-corrected chi connectivity index (χ0v) is 11.2. The molecule has 0 fully saturated rings.